The summed E-state index contributed by atoms with van der Waals surface area (Å²) in [6.45, 7) is 8.47. The molecule has 2 rings (SSSR count). The van der Waals surface area contributed by atoms with E-state index in [1.54, 1.807) is 42.5 Å². The van der Waals surface area contributed by atoms with Crippen LogP contribution in [0.1, 0.15) is 48.8 Å². The molecule has 7 heteroatoms. The Morgan fingerprint density at radius 1 is 1.31 bits per heavy atom. The van der Waals surface area contributed by atoms with E-state index in [-0.39, 0.29) is 11.3 Å². The highest BCUT2D eigenvalue weighted by Crippen LogP contribution is 2.27. The van der Waals surface area contributed by atoms with Gasteiger partial charge in [-0.15, -0.1) is 23.1 Å². The zero-order chi connectivity index (χ0) is 19.3. The predicted molar refractivity (Wildman–Crippen MR) is 106 cm³/mol. The summed E-state index contributed by atoms with van der Waals surface area (Å²) >= 11 is 2.78. The first-order chi connectivity index (χ1) is 12.2. The summed E-state index contributed by atoms with van der Waals surface area (Å²) in [4.78, 5) is 28.8. The molecule has 26 heavy (non-hydrogen) atoms. The van der Waals surface area contributed by atoms with E-state index >= 15 is 0 Å². The van der Waals surface area contributed by atoms with Gasteiger partial charge in [-0.25, -0.2) is 4.98 Å². The number of hydrogen-bond donors (Lipinski definition) is 2. The molecule has 1 unspecified atom stereocenters. The number of carbonyl (C=O) groups excluding carboxylic acids is 1. The third-order valence-electron chi connectivity index (χ3n) is 3.73. The number of hydrogen-bond acceptors (Lipinski definition) is 5. The number of carbonyl (C=O) groups is 2. The molecule has 1 atom stereocenters. The number of thiazole rings is 1. The summed E-state index contributed by atoms with van der Waals surface area (Å²) in [6, 6.07) is 7.07. The highest BCUT2D eigenvalue weighted by molar-refractivity contribution is 8.00. The fourth-order valence-corrected chi connectivity index (χ4v) is 4.10. The molecule has 2 aromatic rings. The molecule has 0 saturated carbocycles. The Morgan fingerprint density at radius 2 is 2.00 bits per heavy atom. The maximum atomic E-state index is 12.5. The number of benzene rings is 1. The Hall–Kier alpha value is -1.86. The van der Waals surface area contributed by atoms with Crippen LogP contribution in [0.15, 0.2) is 34.5 Å². The first-order valence-electron chi connectivity index (χ1n) is 8.40. The smallest absolute Gasteiger partial charge is 0.316 e. The van der Waals surface area contributed by atoms with Crippen molar-refractivity contribution in [3.8, 4) is 0 Å². The van der Waals surface area contributed by atoms with Crippen molar-refractivity contribution in [2.75, 3.05) is 6.54 Å². The maximum Gasteiger partial charge on any atom is 0.316 e. The van der Waals surface area contributed by atoms with Gasteiger partial charge in [0.1, 0.15) is 5.25 Å². The number of carboxylic acid groups (broad SMARTS) is 1. The third kappa shape index (κ3) is 5.57. The number of carboxylic acids is 1. The van der Waals surface area contributed by atoms with Crippen LogP contribution in [0, 0.1) is 0 Å². The van der Waals surface area contributed by atoms with Crippen LogP contribution >= 0.6 is 23.1 Å². The summed E-state index contributed by atoms with van der Waals surface area (Å²) < 4.78 is 0. The van der Waals surface area contributed by atoms with Crippen molar-refractivity contribution in [1.29, 1.82) is 0 Å². The van der Waals surface area contributed by atoms with Crippen LogP contribution in [0.2, 0.25) is 0 Å². The Morgan fingerprint density at radius 3 is 2.62 bits per heavy atom. The van der Waals surface area contributed by atoms with E-state index in [0.29, 0.717) is 23.4 Å². The third-order valence-corrected chi connectivity index (χ3v) is 5.80. The molecule has 1 heterocycles. The minimum absolute atomic E-state index is 0.0228. The highest BCUT2D eigenvalue weighted by Gasteiger charge is 2.19. The van der Waals surface area contributed by atoms with E-state index in [0.717, 1.165) is 10.7 Å². The first kappa shape index (κ1) is 20.5. The van der Waals surface area contributed by atoms with Crippen molar-refractivity contribution in [3.05, 3.63) is 45.9 Å². The van der Waals surface area contributed by atoms with Crippen molar-refractivity contribution < 1.29 is 14.7 Å². The van der Waals surface area contributed by atoms with Crippen molar-refractivity contribution >= 4 is 35.0 Å². The second-order valence-corrected chi connectivity index (χ2v) is 9.30. The fraction of sp³-hybridized carbons (Fsp3) is 0.421. The van der Waals surface area contributed by atoms with E-state index in [1.165, 1.54) is 11.8 Å². The summed E-state index contributed by atoms with van der Waals surface area (Å²) in [5.41, 5.74) is 1.59. The van der Waals surface area contributed by atoms with Crippen LogP contribution in [0.3, 0.4) is 0 Å². The van der Waals surface area contributed by atoms with Crippen LogP contribution in [-0.4, -0.2) is 33.8 Å². The molecule has 0 bridgehead atoms. The fourth-order valence-electron chi connectivity index (χ4n) is 2.15. The van der Waals surface area contributed by atoms with Crippen molar-refractivity contribution in [1.82, 2.24) is 10.3 Å². The van der Waals surface area contributed by atoms with Gasteiger partial charge < -0.3 is 10.4 Å². The summed E-state index contributed by atoms with van der Waals surface area (Å²) in [7, 11) is 0. The van der Waals surface area contributed by atoms with E-state index in [9.17, 15) is 9.59 Å². The van der Waals surface area contributed by atoms with Crippen molar-refractivity contribution in [2.45, 2.75) is 49.7 Å². The topological polar surface area (TPSA) is 79.3 Å². The van der Waals surface area contributed by atoms with E-state index in [2.05, 4.69) is 36.5 Å². The molecule has 1 aromatic carbocycles. The Balaban J connectivity index is 1.96. The van der Waals surface area contributed by atoms with Gasteiger partial charge in [-0.1, -0.05) is 32.9 Å². The molecule has 2 N–H and O–H groups in total. The van der Waals surface area contributed by atoms with E-state index in [1.807, 2.05) is 0 Å². The lowest BCUT2D eigenvalue weighted by Gasteiger charge is -2.14. The number of nitrogens with zero attached hydrogens (tertiary/aromatic N) is 1. The standard InChI is InChI=1S/C19H24N2O3S2/c1-12(18(23)24)26-14-8-6-5-7-13(14)17(22)20-10-9-16-21-15(11-25-16)19(2,3)4/h5-8,11-12H,9-10H2,1-4H3,(H,20,22)(H,23,24). The van der Waals surface area contributed by atoms with Crippen LogP contribution in [-0.2, 0) is 16.6 Å². The molecule has 0 fully saturated rings. The molecule has 0 spiro atoms. The minimum Gasteiger partial charge on any atom is -0.480 e. The average Bonchev–Trinajstić information content (AvgIpc) is 3.04. The van der Waals surface area contributed by atoms with E-state index < -0.39 is 11.2 Å². The van der Waals surface area contributed by atoms with Crippen molar-refractivity contribution in [3.63, 3.8) is 0 Å². The lowest BCUT2D eigenvalue weighted by atomic mass is 9.93. The second kappa shape index (κ2) is 8.68. The number of rotatable bonds is 7. The van der Waals surface area contributed by atoms with Gasteiger partial charge in [0.15, 0.2) is 0 Å². The number of nitrogens with one attached hydrogen (secondary N) is 1. The molecule has 0 saturated heterocycles. The van der Waals surface area contributed by atoms with Crippen LogP contribution in [0.4, 0.5) is 0 Å². The zero-order valence-electron chi connectivity index (χ0n) is 15.4. The van der Waals surface area contributed by atoms with Gasteiger partial charge in [-0.2, -0.15) is 0 Å². The first-order valence-corrected chi connectivity index (χ1v) is 10.2. The molecule has 5 nitrogen and oxygen atoms in total. The van der Waals surface area contributed by atoms with Gasteiger partial charge in [0.2, 0.25) is 0 Å². The largest absolute Gasteiger partial charge is 0.480 e. The second-order valence-electron chi connectivity index (χ2n) is 6.98. The van der Waals surface area contributed by atoms with Gasteiger partial charge in [0, 0.05) is 28.7 Å². The van der Waals surface area contributed by atoms with Crippen molar-refractivity contribution in [2.24, 2.45) is 0 Å². The Labute approximate surface area is 162 Å². The zero-order valence-corrected chi connectivity index (χ0v) is 17.0. The van der Waals surface area contributed by atoms with Crippen LogP contribution < -0.4 is 5.32 Å². The molecule has 0 radical (unpaired) electrons. The van der Waals surface area contributed by atoms with Crippen LogP contribution in [0.25, 0.3) is 0 Å². The van der Waals surface area contributed by atoms with E-state index in [4.69, 9.17) is 5.11 Å². The lowest BCUT2D eigenvalue weighted by molar-refractivity contribution is -0.136. The lowest BCUT2D eigenvalue weighted by Crippen LogP contribution is -2.26. The quantitative estimate of drug-likeness (QED) is 0.697. The van der Waals surface area contributed by atoms with Gasteiger partial charge in [-0.05, 0) is 19.1 Å². The molecule has 0 aliphatic heterocycles. The SMILES string of the molecule is CC(Sc1ccccc1C(=O)NCCc1nc(C(C)(C)C)cs1)C(=O)O. The summed E-state index contributed by atoms with van der Waals surface area (Å²) in [5, 5.41) is 14.4. The highest BCUT2D eigenvalue weighted by atomic mass is 32.2. The normalized spacial score (nSPS) is 12.6. The monoisotopic (exact) mass is 392 g/mol. The minimum atomic E-state index is -0.899. The molecular formula is C19H24N2O3S2. The van der Waals surface area contributed by atoms with Gasteiger partial charge in [0.25, 0.3) is 5.91 Å². The maximum absolute atomic E-state index is 12.5. The van der Waals surface area contributed by atoms with Gasteiger partial charge in [-0.3, -0.25) is 9.59 Å². The predicted octanol–water partition coefficient (Wildman–Crippen LogP) is 3.98. The number of amides is 1. The van der Waals surface area contributed by atoms with Gasteiger partial charge in [0.05, 0.1) is 16.3 Å². The Kier molecular flexibility index (Phi) is 6.83. The molecule has 0 aliphatic rings. The average molecular weight is 393 g/mol. The molecular weight excluding hydrogens is 368 g/mol. The number of thioether (sulfide) groups is 1. The summed E-state index contributed by atoms with van der Waals surface area (Å²) in [6.07, 6.45) is 0.674. The molecule has 1 aromatic heterocycles. The van der Waals surface area contributed by atoms with Gasteiger partial charge >= 0.3 is 5.97 Å². The number of aromatic nitrogens is 1. The number of aliphatic carboxylic acids is 1. The Bertz CT molecular complexity index is 781. The molecule has 0 aliphatic carbocycles. The molecule has 140 valence electrons. The van der Waals surface area contributed by atoms with Crippen LogP contribution in [0.5, 0.6) is 0 Å². The molecule has 1 amide bonds. The summed E-state index contributed by atoms with van der Waals surface area (Å²) in [5.74, 6) is -1.10.